The highest BCUT2D eigenvalue weighted by molar-refractivity contribution is 6.31. The molecule has 0 N–H and O–H groups in total. The SMILES string of the molecule is C[C@H]1[C@@H](Cl)CCCOC(=O)[C@@H]1Cl. The molecule has 1 fully saturated rings. The highest BCUT2D eigenvalue weighted by atomic mass is 35.5. The summed E-state index contributed by atoms with van der Waals surface area (Å²) in [5.74, 6) is -0.351. The Morgan fingerprint density at radius 2 is 2.17 bits per heavy atom. The molecule has 0 unspecified atom stereocenters. The lowest BCUT2D eigenvalue weighted by molar-refractivity contribution is -0.145. The maximum atomic E-state index is 11.1. The van der Waals surface area contributed by atoms with Crippen molar-refractivity contribution < 1.29 is 9.53 Å². The average Bonchev–Trinajstić information content (AvgIpc) is 2.07. The zero-order chi connectivity index (χ0) is 9.14. The lowest BCUT2D eigenvalue weighted by Gasteiger charge is -2.24. The summed E-state index contributed by atoms with van der Waals surface area (Å²) in [6.07, 6.45) is 1.69. The van der Waals surface area contributed by atoms with Crippen molar-refractivity contribution in [3.05, 3.63) is 0 Å². The fourth-order valence-corrected chi connectivity index (χ4v) is 1.80. The molecule has 0 radical (unpaired) electrons. The van der Waals surface area contributed by atoms with Gasteiger partial charge < -0.3 is 4.74 Å². The number of ether oxygens (including phenoxy) is 1. The Balaban J connectivity index is 2.61. The van der Waals surface area contributed by atoms with E-state index in [0.29, 0.717) is 6.61 Å². The van der Waals surface area contributed by atoms with E-state index < -0.39 is 5.38 Å². The molecule has 1 rings (SSSR count). The third-order valence-electron chi connectivity index (χ3n) is 2.13. The minimum Gasteiger partial charge on any atom is -0.465 e. The molecule has 0 amide bonds. The number of halogens is 2. The van der Waals surface area contributed by atoms with Crippen LogP contribution in [0.5, 0.6) is 0 Å². The zero-order valence-corrected chi connectivity index (χ0v) is 8.44. The second kappa shape index (κ2) is 4.33. The molecule has 0 saturated carbocycles. The van der Waals surface area contributed by atoms with Crippen molar-refractivity contribution in [1.29, 1.82) is 0 Å². The normalized spacial score (nSPS) is 38.2. The third-order valence-corrected chi connectivity index (χ3v) is 3.32. The molecule has 4 heteroatoms. The highest BCUT2D eigenvalue weighted by Crippen LogP contribution is 2.25. The minimum atomic E-state index is -0.590. The van der Waals surface area contributed by atoms with E-state index in [1.165, 1.54) is 0 Å². The van der Waals surface area contributed by atoms with Gasteiger partial charge in [0.05, 0.1) is 6.61 Å². The van der Waals surface area contributed by atoms with Gasteiger partial charge >= 0.3 is 5.97 Å². The molecule has 0 bridgehead atoms. The number of carbonyl (C=O) groups excluding carboxylic acids is 1. The molecule has 2 nitrogen and oxygen atoms in total. The fourth-order valence-electron chi connectivity index (χ4n) is 1.19. The van der Waals surface area contributed by atoms with Gasteiger partial charge in [-0.05, 0) is 18.8 Å². The summed E-state index contributed by atoms with van der Waals surface area (Å²) >= 11 is 11.8. The molecule has 1 aliphatic heterocycles. The maximum Gasteiger partial charge on any atom is 0.324 e. The van der Waals surface area contributed by atoms with Crippen LogP contribution in [0.3, 0.4) is 0 Å². The second-order valence-electron chi connectivity index (χ2n) is 3.09. The van der Waals surface area contributed by atoms with Crippen molar-refractivity contribution in [1.82, 2.24) is 0 Å². The molecule has 0 aromatic heterocycles. The predicted octanol–water partition coefficient (Wildman–Crippen LogP) is 2.17. The Labute approximate surface area is 82.2 Å². The van der Waals surface area contributed by atoms with Crippen LogP contribution in [-0.2, 0) is 9.53 Å². The Hall–Kier alpha value is 0.0500. The first-order chi connectivity index (χ1) is 5.63. The Morgan fingerprint density at radius 3 is 2.83 bits per heavy atom. The lowest BCUT2D eigenvalue weighted by Crippen LogP contribution is -2.33. The van der Waals surface area contributed by atoms with E-state index >= 15 is 0 Å². The van der Waals surface area contributed by atoms with Crippen LogP contribution in [0.1, 0.15) is 19.8 Å². The molecule has 0 aromatic rings. The van der Waals surface area contributed by atoms with Gasteiger partial charge in [0, 0.05) is 5.38 Å². The summed E-state index contributed by atoms with van der Waals surface area (Å²) in [4.78, 5) is 11.1. The van der Waals surface area contributed by atoms with Gasteiger partial charge in [-0.2, -0.15) is 0 Å². The van der Waals surface area contributed by atoms with Gasteiger partial charge in [0.25, 0.3) is 0 Å². The topological polar surface area (TPSA) is 26.3 Å². The second-order valence-corrected chi connectivity index (χ2v) is 4.12. The molecule has 70 valence electrons. The van der Waals surface area contributed by atoms with E-state index in [9.17, 15) is 4.79 Å². The molecule has 12 heavy (non-hydrogen) atoms. The number of esters is 1. The van der Waals surface area contributed by atoms with Crippen LogP contribution in [-0.4, -0.2) is 23.3 Å². The van der Waals surface area contributed by atoms with Crippen LogP contribution in [0.2, 0.25) is 0 Å². The van der Waals surface area contributed by atoms with E-state index in [1.54, 1.807) is 0 Å². The van der Waals surface area contributed by atoms with Crippen molar-refractivity contribution >= 4 is 29.2 Å². The Morgan fingerprint density at radius 1 is 1.50 bits per heavy atom. The van der Waals surface area contributed by atoms with Crippen molar-refractivity contribution in [2.75, 3.05) is 6.61 Å². The van der Waals surface area contributed by atoms with Crippen LogP contribution in [0, 0.1) is 5.92 Å². The molecule has 1 heterocycles. The van der Waals surface area contributed by atoms with Crippen LogP contribution >= 0.6 is 23.2 Å². The standard InChI is InChI=1S/C8H12Cl2O2/c1-5-6(9)3-2-4-12-8(11)7(5)10/h5-7H,2-4H2,1H3/t5-,6-,7+/m0/s1. The van der Waals surface area contributed by atoms with Crippen LogP contribution in [0.4, 0.5) is 0 Å². The maximum absolute atomic E-state index is 11.1. The van der Waals surface area contributed by atoms with Crippen LogP contribution in [0.25, 0.3) is 0 Å². The molecule has 1 saturated heterocycles. The minimum absolute atomic E-state index is 0.0128. The summed E-state index contributed by atoms with van der Waals surface area (Å²) < 4.78 is 4.88. The largest absolute Gasteiger partial charge is 0.465 e. The number of rotatable bonds is 0. The number of alkyl halides is 2. The molecule has 3 atom stereocenters. The molecule has 0 aromatic carbocycles. The summed E-state index contributed by atoms with van der Waals surface area (Å²) in [6, 6.07) is 0. The van der Waals surface area contributed by atoms with E-state index in [2.05, 4.69) is 0 Å². The lowest BCUT2D eigenvalue weighted by atomic mass is 9.98. The van der Waals surface area contributed by atoms with Gasteiger partial charge in [-0.3, -0.25) is 4.79 Å². The van der Waals surface area contributed by atoms with Gasteiger partial charge in [-0.15, -0.1) is 23.2 Å². The molecular formula is C8H12Cl2O2. The monoisotopic (exact) mass is 210 g/mol. The summed E-state index contributed by atoms with van der Waals surface area (Å²) in [5.41, 5.74) is 0. The average molecular weight is 211 g/mol. The van der Waals surface area contributed by atoms with Gasteiger partial charge in [-0.25, -0.2) is 0 Å². The first-order valence-corrected chi connectivity index (χ1v) is 4.95. The molecular weight excluding hydrogens is 199 g/mol. The van der Waals surface area contributed by atoms with Crippen molar-refractivity contribution in [2.45, 2.75) is 30.5 Å². The van der Waals surface area contributed by atoms with Crippen molar-refractivity contribution in [3.63, 3.8) is 0 Å². The van der Waals surface area contributed by atoms with Crippen LogP contribution in [0.15, 0.2) is 0 Å². The van der Waals surface area contributed by atoms with Crippen molar-refractivity contribution in [3.8, 4) is 0 Å². The molecule has 0 spiro atoms. The Kier molecular flexibility index (Phi) is 3.66. The zero-order valence-electron chi connectivity index (χ0n) is 6.93. The van der Waals surface area contributed by atoms with Gasteiger partial charge in [0.1, 0.15) is 5.38 Å². The van der Waals surface area contributed by atoms with Gasteiger partial charge in [0.15, 0.2) is 0 Å². The smallest absolute Gasteiger partial charge is 0.324 e. The number of cyclic esters (lactones) is 1. The Bertz CT molecular complexity index is 172. The van der Waals surface area contributed by atoms with E-state index in [-0.39, 0.29) is 17.3 Å². The number of hydrogen-bond donors (Lipinski definition) is 0. The van der Waals surface area contributed by atoms with E-state index in [0.717, 1.165) is 12.8 Å². The van der Waals surface area contributed by atoms with Crippen LogP contribution < -0.4 is 0 Å². The molecule has 1 aliphatic rings. The van der Waals surface area contributed by atoms with Crippen molar-refractivity contribution in [2.24, 2.45) is 5.92 Å². The van der Waals surface area contributed by atoms with Gasteiger partial charge in [-0.1, -0.05) is 6.92 Å². The van der Waals surface area contributed by atoms with E-state index in [1.807, 2.05) is 6.92 Å². The summed E-state index contributed by atoms with van der Waals surface area (Å²) in [5, 5.41) is -0.604. The molecule has 0 aliphatic carbocycles. The summed E-state index contributed by atoms with van der Waals surface area (Å²) in [6.45, 7) is 2.32. The third kappa shape index (κ3) is 2.27. The summed E-state index contributed by atoms with van der Waals surface area (Å²) in [7, 11) is 0. The predicted molar refractivity (Wildman–Crippen MR) is 48.6 cm³/mol. The quantitative estimate of drug-likeness (QED) is 0.453. The first-order valence-electron chi connectivity index (χ1n) is 4.07. The highest BCUT2D eigenvalue weighted by Gasteiger charge is 2.30. The fraction of sp³-hybridized carbons (Fsp3) is 0.875. The number of hydrogen-bond acceptors (Lipinski definition) is 2. The first kappa shape index (κ1) is 10.1. The number of carbonyl (C=O) groups is 1. The van der Waals surface area contributed by atoms with Gasteiger partial charge in [0.2, 0.25) is 0 Å². The van der Waals surface area contributed by atoms with E-state index in [4.69, 9.17) is 27.9 Å².